The number of rotatable bonds is 6. The van der Waals surface area contributed by atoms with Gasteiger partial charge in [0.05, 0.1) is 5.69 Å². The Morgan fingerprint density at radius 1 is 1.39 bits per heavy atom. The molecule has 1 aromatic heterocycles. The molecule has 0 radical (unpaired) electrons. The number of nitrogens with zero attached hydrogens (tertiary/aromatic N) is 2. The number of benzene rings is 1. The van der Waals surface area contributed by atoms with Crippen molar-refractivity contribution in [2.45, 2.75) is 25.5 Å². The summed E-state index contributed by atoms with van der Waals surface area (Å²) >= 11 is 0. The molecule has 1 unspecified atom stereocenters. The second-order valence-corrected chi connectivity index (χ2v) is 6.56. The molecule has 9 heteroatoms. The Morgan fingerprint density at radius 3 is 2.78 bits per heavy atom. The number of carbonyl (C=O) groups is 1. The first kappa shape index (κ1) is 17.2. The molecule has 124 valence electrons. The fourth-order valence-corrected chi connectivity index (χ4v) is 2.54. The van der Waals surface area contributed by atoms with E-state index in [0.717, 1.165) is 18.2 Å². The fourth-order valence-electron chi connectivity index (χ4n) is 1.68. The zero-order valence-electron chi connectivity index (χ0n) is 12.5. The number of halogens is 2. The van der Waals surface area contributed by atoms with Crippen LogP contribution in [0, 0.1) is 11.6 Å². The molecule has 23 heavy (non-hydrogen) atoms. The number of aromatic nitrogens is 2. The molecule has 0 saturated heterocycles. The smallest absolute Gasteiger partial charge is 0.239 e. The van der Waals surface area contributed by atoms with Gasteiger partial charge in [-0.25, -0.2) is 8.78 Å². The highest BCUT2D eigenvalue weighted by Gasteiger charge is 2.16. The molecule has 0 aliphatic heterocycles. The van der Waals surface area contributed by atoms with Crippen molar-refractivity contribution in [1.29, 1.82) is 0 Å². The Hall–Kier alpha value is -2.16. The van der Waals surface area contributed by atoms with Gasteiger partial charge in [-0.3, -0.25) is 9.00 Å². The maximum absolute atomic E-state index is 13.4. The molecule has 2 aromatic rings. The summed E-state index contributed by atoms with van der Waals surface area (Å²) in [4.78, 5) is 15.8. The normalized spacial score (nSPS) is 12.4. The summed E-state index contributed by atoms with van der Waals surface area (Å²) < 4.78 is 43.2. The second-order valence-electron chi connectivity index (χ2n) is 5.10. The van der Waals surface area contributed by atoms with Crippen molar-refractivity contribution < 1.29 is 22.3 Å². The Morgan fingerprint density at radius 2 is 2.13 bits per heavy atom. The largest absolute Gasteiger partial charge is 0.338 e. The number of hydrogen-bond acceptors (Lipinski definition) is 5. The summed E-state index contributed by atoms with van der Waals surface area (Å²) in [7, 11) is -1.61. The molecule has 0 spiro atoms. The van der Waals surface area contributed by atoms with Crippen molar-refractivity contribution in [3.05, 3.63) is 41.5 Å². The lowest BCUT2D eigenvalue weighted by molar-refractivity contribution is -0.113. The van der Waals surface area contributed by atoms with Crippen molar-refractivity contribution in [2.24, 2.45) is 0 Å². The average Bonchev–Trinajstić information content (AvgIpc) is 2.91. The molecule has 1 aromatic carbocycles. The van der Waals surface area contributed by atoms with E-state index in [9.17, 15) is 17.8 Å². The number of anilines is 1. The Kier molecular flexibility index (Phi) is 5.54. The van der Waals surface area contributed by atoms with Gasteiger partial charge in [-0.15, -0.1) is 0 Å². The van der Waals surface area contributed by atoms with E-state index in [0.29, 0.717) is 5.82 Å². The number of carbonyl (C=O) groups excluding carboxylic acids is 1. The van der Waals surface area contributed by atoms with Crippen LogP contribution in [0.2, 0.25) is 0 Å². The van der Waals surface area contributed by atoms with Gasteiger partial charge in [0.25, 0.3) is 0 Å². The summed E-state index contributed by atoms with van der Waals surface area (Å²) in [6, 6.07) is 2.68. The van der Waals surface area contributed by atoms with E-state index in [1.54, 1.807) is 0 Å². The second kappa shape index (κ2) is 7.40. The zero-order valence-corrected chi connectivity index (χ0v) is 13.3. The van der Waals surface area contributed by atoms with Crippen molar-refractivity contribution in [2.75, 3.05) is 11.1 Å². The molecule has 6 nitrogen and oxygen atoms in total. The van der Waals surface area contributed by atoms with Gasteiger partial charge in [-0.2, -0.15) is 4.98 Å². The van der Waals surface area contributed by atoms with Crippen LogP contribution < -0.4 is 5.32 Å². The molecule has 1 N–H and O–H groups in total. The van der Waals surface area contributed by atoms with Gasteiger partial charge in [-0.1, -0.05) is 19.0 Å². The van der Waals surface area contributed by atoms with Crippen molar-refractivity contribution in [1.82, 2.24) is 10.1 Å². The fraction of sp³-hybridized carbons (Fsp3) is 0.357. The van der Waals surface area contributed by atoms with Gasteiger partial charge < -0.3 is 9.84 Å². The van der Waals surface area contributed by atoms with Crippen LogP contribution in [0.1, 0.15) is 31.5 Å². The predicted molar refractivity (Wildman–Crippen MR) is 80.1 cm³/mol. The average molecular weight is 343 g/mol. The molecule has 0 saturated carbocycles. The van der Waals surface area contributed by atoms with E-state index in [-0.39, 0.29) is 23.2 Å². The highest BCUT2D eigenvalue weighted by atomic mass is 32.2. The summed E-state index contributed by atoms with van der Waals surface area (Å²) in [6.07, 6.45) is 0. The Balaban J connectivity index is 1.91. The molecule has 1 amide bonds. The topological polar surface area (TPSA) is 85.1 Å². The number of hydrogen-bond donors (Lipinski definition) is 1. The molecule has 1 heterocycles. The van der Waals surface area contributed by atoms with Crippen LogP contribution in [-0.4, -0.2) is 26.0 Å². The minimum atomic E-state index is -1.61. The van der Waals surface area contributed by atoms with Crippen LogP contribution in [0.5, 0.6) is 0 Å². The highest BCUT2D eigenvalue weighted by molar-refractivity contribution is 7.84. The SMILES string of the molecule is CC(C)c1noc(CS(=O)CC(=O)Nc2cc(F)ccc2F)n1. The molecule has 0 aliphatic carbocycles. The molecule has 1 atom stereocenters. The maximum atomic E-state index is 13.4. The third kappa shape index (κ3) is 4.92. The van der Waals surface area contributed by atoms with E-state index in [1.165, 1.54) is 0 Å². The van der Waals surface area contributed by atoms with E-state index in [4.69, 9.17) is 4.52 Å². The van der Waals surface area contributed by atoms with Gasteiger partial charge in [0.2, 0.25) is 11.8 Å². The summed E-state index contributed by atoms with van der Waals surface area (Å²) in [5.74, 6) is -1.91. The Labute approximate surface area is 133 Å². The molecule has 0 fully saturated rings. The van der Waals surface area contributed by atoms with Gasteiger partial charge >= 0.3 is 0 Å². The lowest BCUT2D eigenvalue weighted by atomic mass is 10.2. The highest BCUT2D eigenvalue weighted by Crippen LogP contribution is 2.15. The van der Waals surface area contributed by atoms with Crippen LogP contribution in [0.4, 0.5) is 14.5 Å². The third-order valence-corrected chi connectivity index (χ3v) is 3.93. The van der Waals surface area contributed by atoms with Crippen LogP contribution >= 0.6 is 0 Å². The molecule has 2 rings (SSSR count). The summed E-state index contributed by atoms with van der Waals surface area (Å²) in [5, 5.41) is 5.90. The van der Waals surface area contributed by atoms with Crippen LogP contribution in [-0.2, 0) is 21.3 Å². The van der Waals surface area contributed by atoms with Gasteiger partial charge in [0.15, 0.2) is 5.82 Å². The molecule has 0 bridgehead atoms. The van der Waals surface area contributed by atoms with Crippen LogP contribution in [0.15, 0.2) is 22.7 Å². The first-order valence-corrected chi connectivity index (χ1v) is 8.26. The first-order valence-electron chi connectivity index (χ1n) is 6.77. The van der Waals surface area contributed by atoms with Crippen molar-refractivity contribution >= 4 is 22.4 Å². The molecular formula is C14H15F2N3O3S. The zero-order chi connectivity index (χ0) is 17.0. The lowest BCUT2D eigenvalue weighted by Gasteiger charge is -2.05. The quantitative estimate of drug-likeness (QED) is 0.870. The minimum absolute atomic E-state index is 0.0696. The maximum Gasteiger partial charge on any atom is 0.239 e. The van der Waals surface area contributed by atoms with E-state index in [1.807, 2.05) is 13.8 Å². The van der Waals surface area contributed by atoms with Gasteiger partial charge in [-0.05, 0) is 12.1 Å². The summed E-state index contributed by atoms with van der Waals surface area (Å²) in [6.45, 7) is 3.76. The first-order chi connectivity index (χ1) is 10.8. The standard InChI is InChI=1S/C14H15F2N3O3S/c1-8(2)14-18-13(22-19-14)7-23(21)6-12(20)17-11-5-9(15)3-4-10(11)16/h3-5,8H,6-7H2,1-2H3,(H,17,20). The monoisotopic (exact) mass is 343 g/mol. The van der Waals surface area contributed by atoms with Crippen LogP contribution in [0.25, 0.3) is 0 Å². The summed E-state index contributed by atoms with van der Waals surface area (Å²) in [5.41, 5.74) is -0.299. The van der Waals surface area contributed by atoms with Gasteiger partial charge in [0.1, 0.15) is 23.1 Å². The van der Waals surface area contributed by atoms with Crippen molar-refractivity contribution in [3.8, 4) is 0 Å². The van der Waals surface area contributed by atoms with E-state index < -0.39 is 34.1 Å². The third-order valence-electron chi connectivity index (χ3n) is 2.78. The van der Waals surface area contributed by atoms with E-state index >= 15 is 0 Å². The number of amides is 1. The minimum Gasteiger partial charge on any atom is -0.338 e. The number of nitrogens with one attached hydrogen (secondary N) is 1. The van der Waals surface area contributed by atoms with Crippen molar-refractivity contribution in [3.63, 3.8) is 0 Å². The van der Waals surface area contributed by atoms with E-state index in [2.05, 4.69) is 15.5 Å². The molecule has 0 aliphatic rings. The molecular weight excluding hydrogens is 328 g/mol. The Bertz CT molecular complexity index is 734. The lowest BCUT2D eigenvalue weighted by Crippen LogP contribution is -2.21. The van der Waals surface area contributed by atoms with Crippen LogP contribution in [0.3, 0.4) is 0 Å². The predicted octanol–water partition coefficient (Wildman–Crippen LogP) is 2.36. The van der Waals surface area contributed by atoms with Gasteiger partial charge in [0, 0.05) is 22.8 Å².